The van der Waals surface area contributed by atoms with Crippen molar-refractivity contribution < 1.29 is 4.79 Å². The number of hydrogen-bond donors (Lipinski definition) is 2. The summed E-state index contributed by atoms with van der Waals surface area (Å²) in [4.78, 5) is 12.7. The normalized spacial score (nSPS) is 9.74. The summed E-state index contributed by atoms with van der Waals surface area (Å²) in [6.45, 7) is 0. The first-order valence-corrected chi connectivity index (χ1v) is 6.22. The number of hydrogen-bond acceptors (Lipinski definition) is 3. The van der Waals surface area contributed by atoms with Gasteiger partial charge in [-0.3, -0.25) is 4.79 Å². The largest absolute Gasteiger partial charge is 0.322 e. The summed E-state index contributed by atoms with van der Waals surface area (Å²) in [7, 11) is 0. The maximum Gasteiger partial charge on any atom is 0.257 e. The van der Waals surface area contributed by atoms with E-state index in [0.717, 1.165) is 0 Å². The summed E-state index contributed by atoms with van der Waals surface area (Å²) in [6.07, 6.45) is 0. The Balaban J connectivity index is 2.26. The fourth-order valence-corrected chi connectivity index (χ4v) is 1.96. The minimum absolute atomic E-state index is 0.337. The fourth-order valence-electron chi connectivity index (χ4n) is 1.55. The van der Waals surface area contributed by atoms with Gasteiger partial charge in [-0.05, 0) is 36.4 Å². The van der Waals surface area contributed by atoms with Crippen molar-refractivity contribution in [3.05, 3.63) is 58.6 Å². The molecule has 3 nitrogen and oxygen atoms in total. The van der Waals surface area contributed by atoms with Gasteiger partial charge in [0.1, 0.15) is 0 Å². The zero-order valence-electron chi connectivity index (χ0n) is 9.72. The van der Waals surface area contributed by atoms with Gasteiger partial charge in [0, 0.05) is 10.6 Å². The third kappa shape index (κ3) is 3.28. The number of halogens is 1. The highest BCUT2D eigenvalue weighted by atomic mass is 35.5. The van der Waals surface area contributed by atoms with Crippen molar-refractivity contribution in [3.8, 4) is 6.07 Å². The monoisotopic (exact) mass is 288 g/mol. The summed E-state index contributed by atoms with van der Waals surface area (Å²) >= 11 is 10.1. The second-order valence-electron chi connectivity index (χ2n) is 3.81. The quantitative estimate of drug-likeness (QED) is 0.827. The number of benzene rings is 2. The van der Waals surface area contributed by atoms with Gasteiger partial charge in [-0.2, -0.15) is 5.26 Å². The lowest BCUT2D eigenvalue weighted by Gasteiger charge is -2.07. The zero-order chi connectivity index (χ0) is 13.8. The maximum absolute atomic E-state index is 12.1. The molecule has 1 amide bonds. The van der Waals surface area contributed by atoms with E-state index in [1.165, 1.54) is 0 Å². The van der Waals surface area contributed by atoms with Gasteiger partial charge in [0.2, 0.25) is 0 Å². The van der Waals surface area contributed by atoms with Crippen molar-refractivity contribution >= 4 is 35.8 Å². The molecule has 19 heavy (non-hydrogen) atoms. The molecule has 0 fully saturated rings. The summed E-state index contributed by atoms with van der Waals surface area (Å²) < 4.78 is 0. The van der Waals surface area contributed by atoms with E-state index in [1.807, 2.05) is 6.07 Å². The van der Waals surface area contributed by atoms with E-state index in [-0.39, 0.29) is 5.91 Å². The fraction of sp³-hybridized carbons (Fsp3) is 0. The van der Waals surface area contributed by atoms with Gasteiger partial charge in [0.15, 0.2) is 0 Å². The molecule has 2 rings (SSSR count). The predicted octanol–water partition coefficient (Wildman–Crippen LogP) is 3.75. The van der Waals surface area contributed by atoms with Crippen LogP contribution in [0, 0.1) is 11.3 Å². The number of nitrogens with one attached hydrogen (secondary N) is 1. The Morgan fingerprint density at radius 1 is 1.26 bits per heavy atom. The molecular formula is C14H9ClN2OS. The van der Waals surface area contributed by atoms with Crippen LogP contribution in [0.1, 0.15) is 15.9 Å². The number of thiol groups is 1. The smallest absolute Gasteiger partial charge is 0.257 e. The average molecular weight is 289 g/mol. The van der Waals surface area contributed by atoms with Crippen LogP contribution in [0.25, 0.3) is 0 Å². The molecule has 0 unspecified atom stereocenters. The number of anilines is 1. The van der Waals surface area contributed by atoms with Crippen LogP contribution < -0.4 is 5.32 Å². The second kappa shape index (κ2) is 5.79. The molecule has 5 heteroatoms. The molecule has 0 radical (unpaired) electrons. The highest BCUT2D eigenvalue weighted by Gasteiger charge is 2.11. The summed E-state index contributed by atoms with van der Waals surface area (Å²) in [6, 6.07) is 13.6. The highest BCUT2D eigenvalue weighted by Crippen LogP contribution is 2.21. The van der Waals surface area contributed by atoms with Crippen LogP contribution in [0.4, 0.5) is 5.69 Å². The van der Waals surface area contributed by atoms with Gasteiger partial charge in [-0.25, -0.2) is 0 Å². The number of carbonyl (C=O) groups is 1. The van der Waals surface area contributed by atoms with Crippen LogP contribution in [0.5, 0.6) is 0 Å². The number of nitriles is 1. The van der Waals surface area contributed by atoms with Crippen molar-refractivity contribution in [2.45, 2.75) is 4.90 Å². The van der Waals surface area contributed by atoms with Crippen LogP contribution >= 0.6 is 24.2 Å². The molecule has 0 aliphatic carbocycles. The Kier molecular flexibility index (Phi) is 4.10. The van der Waals surface area contributed by atoms with E-state index >= 15 is 0 Å². The van der Waals surface area contributed by atoms with Gasteiger partial charge in [0.25, 0.3) is 5.91 Å². The van der Waals surface area contributed by atoms with E-state index in [4.69, 9.17) is 16.9 Å². The molecule has 0 bridgehead atoms. The highest BCUT2D eigenvalue weighted by molar-refractivity contribution is 7.80. The SMILES string of the molecule is N#Cc1cccc(NC(=O)c2cc(S)ccc2Cl)c1. The topological polar surface area (TPSA) is 52.9 Å². The van der Waals surface area contributed by atoms with Gasteiger partial charge in [-0.1, -0.05) is 17.7 Å². The predicted molar refractivity (Wildman–Crippen MR) is 77.8 cm³/mol. The first-order valence-electron chi connectivity index (χ1n) is 5.40. The van der Waals surface area contributed by atoms with E-state index in [9.17, 15) is 4.79 Å². The van der Waals surface area contributed by atoms with Crippen molar-refractivity contribution in [2.24, 2.45) is 0 Å². The maximum atomic E-state index is 12.1. The Hall–Kier alpha value is -1.96. The molecule has 0 aromatic heterocycles. The van der Waals surface area contributed by atoms with Crippen LogP contribution in [0.3, 0.4) is 0 Å². The third-order valence-electron chi connectivity index (χ3n) is 2.44. The van der Waals surface area contributed by atoms with Crippen molar-refractivity contribution in [1.82, 2.24) is 0 Å². The second-order valence-corrected chi connectivity index (χ2v) is 4.73. The molecule has 0 atom stereocenters. The Labute approximate surface area is 121 Å². The lowest BCUT2D eigenvalue weighted by Crippen LogP contribution is -2.12. The lowest BCUT2D eigenvalue weighted by atomic mass is 10.2. The van der Waals surface area contributed by atoms with Gasteiger partial charge in [0.05, 0.1) is 22.2 Å². The van der Waals surface area contributed by atoms with E-state index in [2.05, 4.69) is 17.9 Å². The van der Waals surface area contributed by atoms with Crippen LogP contribution in [-0.2, 0) is 0 Å². The third-order valence-corrected chi connectivity index (χ3v) is 3.05. The van der Waals surface area contributed by atoms with Crippen molar-refractivity contribution in [3.63, 3.8) is 0 Å². The van der Waals surface area contributed by atoms with Gasteiger partial charge >= 0.3 is 0 Å². The van der Waals surface area contributed by atoms with Crippen LogP contribution in [-0.4, -0.2) is 5.91 Å². The Morgan fingerprint density at radius 2 is 2.05 bits per heavy atom. The van der Waals surface area contributed by atoms with Gasteiger partial charge < -0.3 is 5.32 Å². The number of rotatable bonds is 2. The number of nitrogens with zero attached hydrogens (tertiary/aromatic N) is 1. The molecule has 0 aliphatic heterocycles. The molecule has 0 spiro atoms. The summed E-state index contributed by atoms with van der Waals surface area (Å²) in [5.74, 6) is -0.337. The standard InChI is InChI=1S/C14H9ClN2OS/c15-13-5-4-11(19)7-12(13)14(18)17-10-3-1-2-9(6-10)8-16/h1-7,19H,(H,17,18). The van der Waals surface area contributed by atoms with Crippen LogP contribution in [0.15, 0.2) is 47.4 Å². The first kappa shape index (κ1) is 13.5. The summed E-state index contributed by atoms with van der Waals surface area (Å²) in [5.41, 5.74) is 1.37. The van der Waals surface area contributed by atoms with Gasteiger partial charge in [-0.15, -0.1) is 12.6 Å². The average Bonchev–Trinajstić information content (AvgIpc) is 2.41. The minimum atomic E-state index is -0.337. The Bertz CT molecular complexity index is 679. The van der Waals surface area contributed by atoms with Crippen molar-refractivity contribution in [2.75, 3.05) is 5.32 Å². The van der Waals surface area contributed by atoms with E-state index in [0.29, 0.717) is 26.7 Å². The molecule has 0 saturated heterocycles. The van der Waals surface area contributed by atoms with E-state index < -0.39 is 0 Å². The molecular weight excluding hydrogens is 280 g/mol. The number of amides is 1. The Morgan fingerprint density at radius 3 is 2.79 bits per heavy atom. The van der Waals surface area contributed by atoms with E-state index in [1.54, 1.807) is 42.5 Å². The molecule has 2 aromatic carbocycles. The summed E-state index contributed by atoms with van der Waals surface area (Å²) in [5, 5.41) is 11.8. The molecule has 1 N–H and O–H groups in total. The van der Waals surface area contributed by atoms with Crippen molar-refractivity contribution in [1.29, 1.82) is 5.26 Å². The molecule has 0 aliphatic rings. The minimum Gasteiger partial charge on any atom is -0.322 e. The van der Waals surface area contributed by atoms with Crippen LogP contribution in [0.2, 0.25) is 5.02 Å². The number of carbonyl (C=O) groups excluding carboxylic acids is 1. The molecule has 2 aromatic rings. The molecule has 0 heterocycles. The zero-order valence-corrected chi connectivity index (χ0v) is 11.4. The first-order chi connectivity index (χ1) is 9.10. The molecule has 0 saturated carbocycles. The lowest BCUT2D eigenvalue weighted by molar-refractivity contribution is 0.102. The molecule has 94 valence electrons.